The van der Waals surface area contributed by atoms with Gasteiger partial charge in [-0.3, -0.25) is 0 Å². The maximum atomic E-state index is 4.31. The smallest absolute Gasteiger partial charge is 0.0540 e. The maximum absolute atomic E-state index is 4.31. The molecular formula is C41H73N3. The van der Waals surface area contributed by atoms with E-state index in [1.165, 1.54) is 74.6 Å². The first-order chi connectivity index (χ1) is 21.2. The molecule has 1 aliphatic heterocycles. The number of likely N-dealkylation sites (tertiary alicyclic amines) is 1. The molecule has 2 N–H and O–H groups in total. The minimum absolute atomic E-state index is 0.462. The Balaban J connectivity index is -0.000000766. The van der Waals surface area contributed by atoms with Crippen LogP contribution in [0, 0.1) is 0 Å². The number of nitrogens with zero attached hydrogens (tertiary/aromatic N) is 1. The van der Waals surface area contributed by atoms with Crippen LogP contribution in [0.1, 0.15) is 125 Å². The van der Waals surface area contributed by atoms with Crippen LogP contribution in [0.2, 0.25) is 0 Å². The van der Waals surface area contributed by atoms with Crippen LogP contribution in [0.3, 0.4) is 0 Å². The van der Waals surface area contributed by atoms with Gasteiger partial charge >= 0.3 is 0 Å². The molecule has 44 heavy (non-hydrogen) atoms. The molecule has 0 spiro atoms. The molecule has 252 valence electrons. The molecule has 3 heteroatoms. The topological polar surface area (TPSA) is 27.3 Å². The first kappa shape index (κ1) is 45.5. The highest BCUT2D eigenvalue weighted by Crippen LogP contribution is 2.25. The standard InChI is InChI=1S/C24H36N2.C7H13N.C4H10.C4H8.C2H6/c1-20(2)24-17-11-12-18-26(24)22(4)19-25-21(3)13-7-5-8-14-23-15-9-6-10-16-23;1-4-6-8-7(3)5-2;2*1-3-4-2;1-2/h6,9-10,15-16,24-25H,1,3-5,7-8,11-14,17-19H2,2H3;4,8H,1,3,5-6H2,2H3;3-4H2,1-2H3;3H,1,4H2,2H3;1-2H3. The van der Waals surface area contributed by atoms with Gasteiger partial charge in [0.1, 0.15) is 0 Å². The van der Waals surface area contributed by atoms with E-state index < -0.39 is 0 Å². The lowest BCUT2D eigenvalue weighted by molar-refractivity contribution is 0.218. The molecule has 1 atom stereocenters. The minimum atomic E-state index is 0.462. The Morgan fingerprint density at radius 2 is 1.45 bits per heavy atom. The van der Waals surface area contributed by atoms with Crippen molar-refractivity contribution in [2.24, 2.45) is 0 Å². The summed E-state index contributed by atoms with van der Waals surface area (Å²) in [6.45, 7) is 40.8. The van der Waals surface area contributed by atoms with Crippen LogP contribution in [0.5, 0.6) is 0 Å². The summed E-state index contributed by atoms with van der Waals surface area (Å²) in [5, 5.41) is 6.55. The zero-order valence-corrected chi connectivity index (χ0v) is 30.4. The van der Waals surface area contributed by atoms with E-state index in [-0.39, 0.29) is 0 Å². The summed E-state index contributed by atoms with van der Waals surface area (Å²) in [5.41, 5.74) is 6.07. The molecule has 0 amide bonds. The highest BCUT2D eigenvalue weighted by molar-refractivity contribution is 5.15. The van der Waals surface area contributed by atoms with Crippen LogP contribution in [0.15, 0.2) is 105 Å². The van der Waals surface area contributed by atoms with Gasteiger partial charge < -0.3 is 15.5 Å². The highest BCUT2D eigenvalue weighted by Gasteiger charge is 2.23. The number of hydrogen-bond donors (Lipinski definition) is 2. The fourth-order valence-corrected chi connectivity index (χ4v) is 4.07. The van der Waals surface area contributed by atoms with Crippen LogP contribution < -0.4 is 10.6 Å². The second-order valence-electron chi connectivity index (χ2n) is 10.9. The van der Waals surface area contributed by atoms with E-state index in [2.05, 4.69) is 120 Å². The zero-order valence-electron chi connectivity index (χ0n) is 30.4. The number of nitrogens with one attached hydrogen (secondary N) is 2. The number of rotatable bonds is 17. The number of unbranched alkanes of at least 4 members (excludes halogenated alkanes) is 3. The normalized spacial score (nSPS) is 12.9. The first-order valence-electron chi connectivity index (χ1n) is 17.4. The van der Waals surface area contributed by atoms with Gasteiger partial charge in [0.25, 0.3) is 0 Å². The maximum Gasteiger partial charge on any atom is 0.0540 e. The molecule has 0 bridgehead atoms. The quantitative estimate of drug-likeness (QED) is 0.136. The van der Waals surface area contributed by atoms with Crippen LogP contribution >= 0.6 is 0 Å². The lowest BCUT2D eigenvalue weighted by atomic mass is 9.96. The number of allylic oxidation sites excluding steroid dienone is 3. The third-order valence-corrected chi connectivity index (χ3v) is 7.02. The van der Waals surface area contributed by atoms with E-state index in [1.54, 1.807) is 0 Å². The van der Waals surface area contributed by atoms with Gasteiger partial charge in [-0.05, 0) is 70.3 Å². The number of benzene rings is 1. The van der Waals surface area contributed by atoms with E-state index in [9.17, 15) is 0 Å². The Hall–Kier alpha value is -2.94. The largest absolute Gasteiger partial charge is 0.385 e. The summed E-state index contributed by atoms with van der Waals surface area (Å²) < 4.78 is 0. The van der Waals surface area contributed by atoms with E-state index in [0.717, 1.165) is 50.3 Å². The molecule has 1 aromatic rings. The van der Waals surface area contributed by atoms with Crippen LogP contribution in [-0.4, -0.2) is 30.6 Å². The van der Waals surface area contributed by atoms with Crippen molar-refractivity contribution in [2.45, 2.75) is 132 Å². The van der Waals surface area contributed by atoms with Crippen molar-refractivity contribution in [3.8, 4) is 0 Å². The molecule has 0 saturated carbocycles. The van der Waals surface area contributed by atoms with Gasteiger partial charge in [0.05, 0.1) is 6.54 Å². The van der Waals surface area contributed by atoms with Gasteiger partial charge in [0.2, 0.25) is 0 Å². The predicted octanol–water partition coefficient (Wildman–Crippen LogP) is 11.9. The summed E-state index contributed by atoms with van der Waals surface area (Å²) in [5.74, 6) is 0. The SMILES string of the molecule is C=C(CCCCCc1ccccc1)NCC(=C)N1CCCCC1C(=C)C.C=CCC.C=CCNC(=C)CC.CC.CCCC. The van der Waals surface area contributed by atoms with Crippen LogP contribution in [0.4, 0.5) is 0 Å². The van der Waals surface area contributed by atoms with Gasteiger partial charge in [0, 0.05) is 36.2 Å². The van der Waals surface area contributed by atoms with E-state index >= 15 is 0 Å². The van der Waals surface area contributed by atoms with Gasteiger partial charge in [-0.2, -0.15) is 0 Å². The minimum Gasteiger partial charge on any atom is -0.385 e. The molecule has 1 saturated heterocycles. The second kappa shape index (κ2) is 34.5. The molecule has 0 radical (unpaired) electrons. The van der Waals surface area contributed by atoms with Crippen molar-refractivity contribution in [3.05, 3.63) is 110 Å². The first-order valence-corrected chi connectivity index (χ1v) is 17.4. The molecule has 1 aliphatic rings. The average Bonchev–Trinajstić information content (AvgIpc) is 3.07. The molecule has 1 fully saturated rings. The molecule has 2 rings (SSSR count). The summed E-state index contributed by atoms with van der Waals surface area (Å²) in [4.78, 5) is 2.44. The van der Waals surface area contributed by atoms with Crippen molar-refractivity contribution in [1.29, 1.82) is 0 Å². The lowest BCUT2D eigenvalue weighted by Gasteiger charge is -2.39. The third-order valence-electron chi connectivity index (χ3n) is 7.02. The van der Waals surface area contributed by atoms with Crippen molar-refractivity contribution in [1.82, 2.24) is 15.5 Å². The summed E-state index contributed by atoms with van der Waals surface area (Å²) in [6, 6.07) is 11.2. The molecule has 0 aliphatic carbocycles. The average molecular weight is 608 g/mol. The zero-order chi connectivity index (χ0) is 34.0. The van der Waals surface area contributed by atoms with Gasteiger partial charge in [-0.15, -0.1) is 13.2 Å². The number of piperidine rings is 1. The fraction of sp³-hybridized carbons (Fsp3) is 0.561. The third kappa shape index (κ3) is 27.9. The lowest BCUT2D eigenvalue weighted by Crippen LogP contribution is -2.41. The Kier molecular flexibility index (Phi) is 35.7. The summed E-state index contributed by atoms with van der Waals surface area (Å²) in [6.07, 6.45) is 18.1. The summed E-state index contributed by atoms with van der Waals surface area (Å²) >= 11 is 0. The molecule has 1 unspecified atom stereocenters. The van der Waals surface area contributed by atoms with Crippen molar-refractivity contribution in [3.63, 3.8) is 0 Å². The predicted molar refractivity (Wildman–Crippen MR) is 204 cm³/mol. The van der Waals surface area contributed by atoms with E-state index in [1.807, 2.05) is 26.0 Å². The Morgan fingerprint density at radius 3 is 1.95 bits per heavy atom. The van der Waals surface area contributed by atoms with Gasteiger partial charge in [-0.25, -0.2) is 0 Å². The number of hydrogen-bond acceptors (Lipinski definition) is 3. The Labute approximate surface area is 276 Å². The van der Waals surface area contributed by atoms with Crippen molar-refractivity contribution < 1.29 is 0 Å². The molecule has 1 aromatic carbocycles. The van der Waals surface area contributed by atoms with Crippen molar-refractivity contribution >= 4 is 0 Å². The Morgan fingerprint density at radius 1 is 0.841 bits per heavy atom. The molecule has 3 nitrogen and oxygen atoms in total. The second-order valence-corrected chi connectivity index (χ2v) is 10.9. The summed E-state index contributed by atoms with van der Waals surface area (Å²) in [7, 11) is 0. The highest BCUT2D eigenvalue weighted by atomic mass is 15.2. The Bertz CT molecular complexity index is 850. The van der Waals surface area contributed by atoms with E-state index in [4.69, 9.17) is 0 Å². The number of aryl methyl sites for hydroxylation is 1. The molecule has 1 heterocycles. The van der Waals surface area contributed by atoms with Crippen LogP contribution in [-0.2, 0) is 6.42 Å². The molecule has 0 aromatic heterocycles. The molecular weight excluding hydrogens is 534 g/mol. The van der Waals surface area contributed by atoms with Crippen molar-refractivity contribution in [2.75, 3.05) is 19.6 Å². The van der Waals surface area contributed by atoms with Crippen LogP contribution in [0.25, 0.3) is 0 Å². The van der Waals surface area contributed by atoms with E-state index in [0.29, 0.717) is 6.04 Å². The van der Waals surface area contributed by atoms with Gasteiger partial charge in [-0.1, -0.05) is 135 Å². The monoisotopic (exact) mass is 608 g/mol. The fourth-order valence-electron chi connectivity index (χ4n) is 4.07. The van der Waals surface area contributed by atoms with Gasteiger partial charge in [0.15, 0.2) is 0 Å².